The van der Waals surface area contributed by atoms with Gasteiger partial charge in [-0.25, -0.2) is 4.79 Å². The molecule has 0 spiro atoms. The lowest BCUT2D eigenvalue weighted by atomic mass is 9.96. The van der Waals surface area contributed by atoms with Crippen LogP contribution in [0.5, 0.6) is 0 Å². The van der Waals surface area contributed by atoms with E-state index in [9.17, 15) is 14.4 Å². The van der Waals surface area contributed by atoms with Crippen molar-refractivity contribution in [2.24, 2.45) is 5.92 Å². The lowest BCUT2D eigenvalue weighted by Crippen LogP contribution is -2.53. The molecule has 1 rings (SSSR count). The Kier molecular flexibility index (Phi) is 13.6. The third-order valence-corrected chi connectivity index (χ3v) is 5.85. The molecular formula is C29H49N3O4. The number of aryl methyl sites for hydroxylation is 1. The molecule has 2 unspecified atom stereocenters. The Hall–Kier alpha value is -2.57. The van der Waals surface area contributed by atoms with E-state index < -0.39 is 23.8 Å². The molecule has 204 valence electrons. The van der Waals surface area contributed by atoms with Crippen LogP contribution in [0.15, 0.2) is 24.3 Å². The smallest absolute Gasteiger partial charge is 0.408 e. The number of nitrogens with one attached hydrogen (secondary N) is 2. The van der Waals surface area contributed by atoms with E-state index in [0.717, 1.165) is 43.2 Å². The van der Waals surface area contributed by atoms with Gasteiger partial charge in [-0.3, -0.25) is 9.59 Å². The standard InChI is InChI=1S/C29H49N3O4/c1-9-11-15-18-30-26(33)25(23-17-14-13-16-22(23)5)32(19-12-10-2)27(34)24(20-21(3)4)31-28(35)36-29(6,7)8/h13-14,16-17,21,24-25H,9-12,15,18-20H2,1-8H3,(H,30,33)(H,31,35). The largest absolute Gasteiger partial charge is 0.444 e. The van der Waals surface area contributed by atoms with Crippen molar-refractivity contribution in [1.82, 2.24) is 15.5 Å². The molecule has 0 radical (unpaired) electrons. The van der Waals surface area contributed by atoms with Gasteiger partial charge < -0.3 is 20.3 Å². The van der Waals surface area contributed by atoms with Gasteiger partial charge in [-0.05, 0) is 64.0 Å². The van der Waals surface area contributed by atoms with Crippen LogP contribution in [-0.2, 0) is 14.3 Å². The topological polar surface area (TPSA) is 87.7 Å². The molecule has 0 heterocycles. The highest BCUT2D eigenvalue weighted by Crippen LogP contribution is 2.27. The van der Waals surface area contributed by atoms with E-state index in [2.05, 4.69) is 24.5 Å². The van der Waals surface area contributed by atoms with Crippen LogP contribution in [0.2, 0.25) is 0 Å². The third kappa shape index (κ3) is 11.0. The molecule has 0 bridgehead atoms. The van der Waals surface area contributed by atoms with E-state index in [1.807, 2.05) is 45.0 Å². The van der Waals surface area contributed by atoms with Crippen LogP contribution in [0.3, 0.4) is 0 Å². The summed E-state index contributed by atoms with van der Waals surface area (Å²) in [6, 6.07) is 6.13. The van der Waals surface area contributed by atoms with Gasteiger partial charge in [0.25, 0.3) is 0 Å². The molecule has 0 aliphatic heterocycles. The lowest BCUT2D eigenvalue weighted by molar-refractivity contribution is -0.143. The summed E-state index contributed by atoms with van der Waals surface area (Å²) in [7, 11) is 0. The van der Waals surface area contributed by atoms with Crippen molar-refractivity contribution in [3.8, 4) is 0 Å². The van der Waals surface area contributed by atoms with Crippen LogP contribution in [0.4, 0.5) is 4.79 Å². The Morgan fingerprint density at radius 2 is 1.64 bits per heavy atom. The summed E-state index contributed by atoms with van der Waals surface area (Å²) in [4.78, 5) is 42.0. The fourth-order valence-corrected chi connectivity index (χ4v) is 4.07. The zero-order valence-electron chi connectivity index (χ0n) is 23.8. The molecule has 2 atom stereocenters. The highest BCUT2D eigenvalue weighted by Gasteiger charge is 2.36. The number of alkyl carbamates (subject to hydrolysis) is 1. The third-order valence-electron chi connectivity index (χ3n) is 5.85. The molecule has 0 saturated heterocycles. The Morgan fingerprint density at radius 3 is 2.19 bits per heavy atom. The zero-order valence-corrected chi connectivity index (χ0v) is 23.8. The average Bonchev–Trinajstić information content (AvgIpc) is 2.77. The Bertz CT molecular complexity index is 832. The molecule has 3 amide bonds. The van der Waals surface area contributed by atoms with E-state index in [1.54, 1.807) is 25.7 Å². The molecule has 0 fully saturated rings. The van der Waals surface area contributed by atoms with Gasteiger partial charge >= 0.3 is 6.09 Å². The maximum atomic E-state index is 14.1. The fraction of sp³-hybridized carbons (Fsp3) is 0.690. The van der Waals surface area contributed by atoms with Crippen molar-refractivity contribution >= 4 is 17.9 Å². The second kappa shape index (κ2) is 15.5. The van der Waals surface area contributed by atoms with Gasteiger partial charge in [-0.15, -0.1) is 0 Å². The highest BCUT2D eigenvalue weighted by molar-refractivity contribution is 5.92. The summed E-state index contributed by atoms with van der Waals surface area (Å²) in [6.07, 6.45) is 4.42. The van der Waals surface area contributed by atoms with Crippen LogP contribution in [0.1, 0.15) is 104 Å². The molecule has 1 aromatic rings. The summed E-state index contributed by atoms with van der Waals surface area (Å²) in [6.45, 7) is 16.5. The van der Waals surface area contributed by atoms with E-state index in [0.29, 0.717) is 19.5 Å². The van der Waals surface area contributed by atoms with Gasteiger partial charge in [0.2, 0.25) is 11.8 Å². The number of benzene rings is 1. The number of amides is 3. The molecule has 0 saturated carbocycles. The van der Waals surface area contributed by atoms with E-state index in [-0.39, 0.29) is 17.7 Å². The fourth-order valence-electron chi connectivity index (χ4n) is 4.07. The number of ether oxygens (including phenoxy) is 1. The number of rotatable bonds is 14. The van der Waals surface area contributed by atoms with Gasteiger partial charge in [0.05, 0.1) is 0 Å². The van der Waals surface area contributed by atoms with Crippen LogP contribution in [0, 0.1) is 12.8 Å². The van der Waals surface area contributed by atoms with Crippen molar-refractivity contribution in [1.29, 1.82) is 0 Å². The highest BCUT2D eigenvalue weighted by atomic mass is 16.6. The summed E-state index contributed by atoms with van der Waals surface area (Å²) < 4.78 is 5.45. The number of hydrogen-bond donors (Lipinski definition) is 2. The van der Waals surface area contributed by atoms with E-state index in [4.69, 9.17) is 4.74 Å². The number of nitrogens with zero attached hydrogens (tertiary/aromatic N) is 1. The minimum Gasteiger partial charge on any atom is -0.444 e. The minimum absolute atomic E-state index is 0.154. The molecule has 0 aliphatic rings. The molecule has 1 aromatic carbocycles. The molecule has 0 aliphatic carbocycles. The number of hydrogen-bond acceptors (Lipinski definition) is 4. The molecule has 2 N–H and O–H groups in total. The predicted molar refractivity (Wildman–Crippen MR) is 146 cm³/mol. The first-order valence-corrected chi connectivity index (χ1v) is 13.5. The first kappa shape index (κ1) is 31.5. The maximum Gasteiger partial charge on any atom is 0.408 e. The van der Waals surface area contributed by atoms with Crippen molar-refractivity contribution in [2.45, 2.75) is 112 Å². The Labute approximate surface area is 218 Å². The van der Waals surface area contributed by atoms with Crippen LogP contribution >= 0.6 is 0 Å². The summed E-state index contributed by atoms with van der Waals surface area (Å²) in [5.74, 6) is -0.299. The molecule has 36 heavy (non-hydrogen) atoms. The van der Waals surface area contributed by atoms with Crippen molar-refractivity contribution in [3.63, 3.8) is 0 Å². The second-order valence-corrected chi connectivity index (χ2v) is 11.0. The summed E-state index contributed by atoms with van der Waals surface area (Å²) >= 11 is 0. The van der Waals surface area contributed by atoms with Gasteiger partial charge in [0.1, 0.15) is 17.7 Å². The SMILES string of the molecule is CCCCCNC(=O)C(c1ccccc1C)N(CCCC)C(=O)C(CC(C)C)NC(=O)OC(C)(C)C. The van der Waals surface area contributed by atoms with Crippen molar-refractivity contribution in [3.05, 3.63) is 35.4 Å². The van der Waals surface area contributed by atoms with Gasteiger partial charge in [-0.2, -0.15) is 0 Å². The first-order valence-electron chi connectivity index (χ1n) is 13.5. The predicted octanol–water partition coefficient (Wildman–Crippen LogP) is 5.91. The van der Waals surface area contributed by atoms with Crippen LogP contribution < -0.4 is 10.6 Å². The van der Waals surface area contributed by atoms with Gasteiger partial charge in [-0.1, -0.05) is 71.2 Å². The molecular weight excluding hydrogens is 454 g/mol. The average molecular weight is 504 g/mol. The van der Waals surface area contributed by atoms with Gasteiger partial charge in [0, 0.05) is 13.1 Å². The Morgan fingerprint density at radius 1 is 1.00 bits per heavy atom. The number of unbranched alkanes of at least 4 members (excludes halogenated alkanes) is 3. The Balaban J connectivity index is 3.40. The monoisotopic (exact) mass is 503 g/mol. The van der Waals surface area contributed by atoms with E-state index in [1.165, 1.54) is 0 Å². The quantitative estimate of drug-likeness (QED) is 0.309. The summed E-state index contributed by atoms with van der Waals surface area (Å²) in [5.41, 5.74) is 1.07. The normalized spacial score (nSPS) is 13.1. The minimum atomic E-state index is -0.795. The van der Waals surface area contributed by atoms with Crippen LogP contribution in [-0.4, -0.2) is 47.5 Å². The van der Waals surface area contributed by atoms with Crippen molar-refractivity contribution in [2.75, 3.05) is 13.1 Å². The van der Waals surface area contributed by atoms with Crippen LogP contribution in [0.25, 0.3) is 0 Å². The number of carbonyl (C=O) groups is 3. The summed E-state index contributed by atoms with van der Waals surface area (Å²) in [5, 5.41) is 5.86. The van der Waals surface area contributed by atoms with E-state index >= 15 is 0 Å². The first-order chi connectivity index (χ1) is 16.9. The van der Waals surface area contributed by atoms with Crippen molar-refractivity contribution < 1.29 is 19.1 Å². The second-order valence-electron chi connectivity index (χ2n) is 11.0. The lowest BCUT2D eigenvalue weighted by Gasteiger charge is -2.35. The maximum absolute atomic E-state index is 14.1. The molecule has 7 nitrogen and oxygen atoms in total. The molecule has 0 aromatic heterocycles. The van der Waals surface area contributed by atoms with Gasteiger partial charge in [0.15, 0.2) is 0 Å². The number of carbonyl (C=O) groups excluding carboxylic acids is 3. The zero-order chi connectivity index (χ0) is 27.3. The molecule has 7 heteroatoms.